The topological polar surface area (TPSA) is 53.2 Å². The molecule has 0 unspecified atom stereocenters. The average molecular weight is 248 g/mol. The number of nitrogens with zero attached hydrogens (tertiary/aromatic N) is 2. The van der Waals surface area contributed by atoms with Gasteiger partial charge in [-0.15, -0.1) is 0 Å². The van der Waals surface area contributed by atoms with Crippen molar-refractivity contribution in [3.8, 4) is 6.07 Å². The van der Waals surface area contributed by atoms with E-state index in [0.29, 0.717) is 0 Å². The van der Waals surface area contributed by atoms with Crippen LogP contribution in [0.15, 0.2) is 33.5 Å². The molecule has 0 aliphatic carbocycles. The zero-order chi connectivity index (χ0) is 12.4. The highest BCUT2D eigenvalue weighted by molar-refractivity contribution is 7.94. The lowest BCUT2D eigenvalue weighted by Crippen LogP contribution is -2.23. The van der Waals surface area contributed by atoms with Crippen molar-refractivity contribution in [2.24, 2.45) is 4.36 Å². The fourth-order valence-electron chi connectivity index (χ4n) is 1.06. The Morgan fingerprint density at radius 2 is 1.81 bits per heavy atom. The summed E-state index contributed by atoms with van der Waals surface area (Å²) in [6.07, 6.45) is 0. The minimum atomic E-state index is -4.92. The Labute approximate surface area is 90.7 Å². The third-order valence-corrected chi connectivity index (χ3v) is 3.93. The van der Waals surface area contributed by atoms with E-state index in [2.05, 4.69) is 4.36 Å². The third kappa shape index (κ3) is 2.02. The maximum atomic E-state index is 12.5. The van der Waals surface area contributed by atoms with Crippen LogP contribution in [0.4, 0.5) is 13.2 Å². The number of hydrogen-bond acceptors (Lipinski definition) is 3. The molecule has 0 aliphatic heterocycles. The lowest BCUT2D eigenvalue weighted by molar-refractivity contribution is -0.0403. The van der Waals surface area contributed by atoms with E-state index < -0.39 is 20.1 Å². The molecule has 0 heterocycles. The molecule has 0 spiro atoms. The molecular weight excluding hydrogens is 241 g/mol. The Hall–Kier alpha value is -1.55. The van der Waals surface area contributed by atoms with Gasteiger partial charge in [-0.25, -0.2) is 8.57 Å². The molecule has 0 fully saturated rings. The Morgan fingerprint density at radius 1 is 1.31 bits per heavy atom. The highest BCUT2D eigenvalue weighted by atomic mass is 32.2. The summed E-state index contributed by atoms with van der Waals surface area (Å²) in [5.74, 6) is 0. The predicted molar refractivity (Wildman–Crippen MR) is 52.0 cm³/mol. The molecule has 1 rings (SSSR count). The van der Waals surface area contributed by atoms with Gasteiger partial charge in [0.05, 0.1) is 16.5 Å². The molecule has 86 valence electrons. The summed E-state index contributed by atoms with van der Waals surface area (Å²) in [6, 6.07) is 6.11. The van der Waals surface area contributed by atoms with Crippen LogP contribution in [0.2, 0.25) is 0 Å². The quantitative estimate of drug-likeness (QED) is 0.766. The first-order chi connectivity index (χ1) is 7.35. The van der Waals surface area contributed by atoms with Crippen LogP contribution >= 0.6 is 0 Å². The van der Waals surface area contributed by atoms with Gasteiger partial charge in [0.15, 0.2) is 9.73 Å². The van der Waals surface area contributed by atoms with E-state index in [1.807, 2.05) is 0 Å². The number of hydrogen-bond donors (Lipinski definition) is 0. The number of nitriles is 1. The van der Waals surface area contributed by atoms with Gasteiger partial charge >= 0.3 is 5.51 Å². The summed E-state index contributed by atoms with van der Waals surface area (Å²) in [5.41, 5.74) is -4.72. The van der Waals surface area contributed by atoms with E-state index in [1.165, 1.54) is 12.1 Å². The molecule has 0 amide bonds. The van der Waals surface area contributed by atoms with Gasteiger partial charge in [-0.3, -0.25) is 0 Å². The standard InChI is InChI=1S/C9H7F3N2OS/c1-14-16(15,9(10,11)12)8-4-2-7(6-13)3-5-8/h2-5H,1H3/t16-/m1/s1. The van der Waals surface area contributed by atoms with Gasteiger partial charge in [-0.2, -0.15) is 18.4 Å². The minimum absolute atomic E-state index is 0.198. The summed E-state index contributed by atoms with van der Waals surface area (Å²) in [5, 5.41) is 8.48. The summed E-state index contributed by atoms with van der Waals surface area (Å²) in [6.45, 7) is 0. The van der Waals surface area contributed by atoms with Crippen molar-refractivity contribution in [2.75, 3.05) is 7.05 Å². The molecule has 1 aromatic carbocycles. The molecule has 16 heavy (non-hydrogen) atoms. The van der Waals surface area contributed by atoms with E-state index in [9.17, 15) is 17.4 Å². The maximum Gasteiger partial charge on any atom is 0.483 e. The SMILES string of the molecule is CN=[S@@](=O)(c1ccc(C#N)cc1)C(F)(F)F. The van der Waals surface area contributed by atoms with Gasteiger partial charge in [0.1, 0.15) is 0 Å². The molecule has 7 heteroatoms. The molecule has 0 aliphatic rings. The third-order valence-electron chi connectivity index (χ3n) is 1.87. The Balaban J connectivity index is 3.39. The van der Waals surface area contributed by atoms with E-state index in [-0.39, 0.29) is 5.56 Å². The zero-order valence-electron chi connectivity index (χ0n) is 8.15. The van der Waals surface area contributed by atoms with Crippen LogP contribution in [0.25, 0.3) is 0 Å². The Bertz CT molecular complexity index is 533. The van der Waals surface area contributed by atoms with Gasteiger partial charge in [-0.1, -0.05) is 0 Å². The van der Waals surface area contributed by atoms with Crippen molar-refractivity contribution in [3.05, 3.63) is 29.8 Å². The molecule has 0 radical (unpaired) electrons. The first-order valence-electron chi connectivity index (χ1n) is 4.07. The molecule has 3 nitrogen and oxygen atoms in total. The smallest absolute Gasteiger partial charge is 0.236 e. The van der Waals surface area contributed by atoms with Crippen LogP contribution < -0.4 is 0 Å². The van der Waals surface area contributed by atoms with Gasteiger partial charge in [0.25, 0.3) is 0 Å². The molecule has 1 atom stereocenters. The van der Waals surface area contributed by atoms with Crippen LogP contribution in [0.3, 0.4) is 0 Å². The number of rotatable bonds is 1. The van der Waals surface area contributed by atoms with Crippen molar-refractivity contribution in [1.82, 2.24) is 0 Å². The van der Waals surface area contributed by atoms with E-state index in [4.69, 9.17) is 5.26 Å². The molecule has 1 aromatic rings. The van der Waals surface area contributed by atoms with Crippen LogP contribution in [-0.2, 0) is 9.73 Å². The van der Waals surface area contributed by atoms with Crippen LogP contribution in [0, 0.1) is 11.3 Å². The highest BCUT2D eigenvalue weighted by Gasteiger charge is 2.44. The molecule has 0 aromatic heterocycles. The Morgan fingerprint density at radius 3 is 2.12 bits per heavy atom. The van der Waals surface area contributed by atoms with Crippen molar-refractivity contribution in [1.29, 1.82) is 5.26 Å². The highest BCUT2D eigenvalue weighted by Crippen LogP contribution is 2.32. The first kappa shape index (κ1) is 12.5. The van der Waals surface area contributed by atoms with Crippen LogP contribution in [0.5, 0.6) is 0 Å². The average Bonchev–Trinajstić information content (AvgIpc) is 2.26. The molecule has 0 saturated heterocycles. The summed E-state index contributed by atoms with van der Waals surface area (Å²) >= 11 is 0. The van der Waals surface area contributed by atoms with E-state index >= 15 is 0 Å². The van der Waals surface area contributed by atoms with Gasteiger partial charge in [-0.05, 0) is 24.3 Å². The lowest BCUT2D eigenvalue weighted by atomic mass is 10.2. The predicted octanol–water partition coefficient (Wildman–Crippen LogP) is 2.53. The fourth-order valence-corrected chi connectivity index (χ4v) is 2.25. The zero-order valence-corrected chi connectivity index (χ0v) is 8.97. The summed E-state index contributed by atoms with van der Waals surface area (Å²) < 4.78 is 52.2. The second-order valence-corrected chi connectivity index (χ2v) is 5.14. The second kappa shape index (κ2) is 4.14. The van der Waals surface area contributed by atoms with Crippen molar-refractivity contribution >= 4 is 9.73 Å². The van der Waals surface area contributed by atoms with E-state index in [0.717, 1.165) is 19.2 Å². The summed E-state index contributed by atoms with van der Waals surface area (Å²) in [7, 11) is -3.58. The number of alkyl halides is 3. The fraction of sp³-hybridized carbons (Fsp3) is 0.222. The minimum Gasteiger partial charge on any atom is -0.236 e. The van der Waals surface area contributed by atoms with Crippen molar-refractivity contribution in [3.63, 3.8) is 0 Å². The van der Waals surface area contributed by atoms with Crippen LogP contribution in [-0.4, -0.2) is 16.8 Å². The molecule has 0 N–H and O–H groups in total. The largest absolute Gasteiger partial charge is 0.483 e. The van der Waals surface area contributed by atoms with E-state index in [1.54, 1.807) is 6.07 Å². The number of halogens is 3. The normalized spacial score (nSPS) is 14.9. The van der Waals surface area contributed by atoms with Crippen molar-refractivity contribution in [2.45, 2.75) is 10.4 Å². The molecule has 0 saturated carbocycles. The lowest BCUT2D eigenvalue weighted by Gasteiger charge is -2.12. The number of benzene rings is 1. The molecule has 0 bridgehead atoms. The molecular formula is C9H7F3N2OS. The van der Waals surface area contributed by atoms with Gasteiger partial charge < -0.3 is 0 Å². The van der Waals surface area contributed by atoms with Crippen molar-refractivity contribution < 1.29 is 17.4 Å². The monoisotopic (exact) mass is 248 g/mol. The Kier molecular flexibility index (Phi) is 3.24. The second-order valence-electron chi connectivity index (χ2n) is 2.79. The van der Waals surface area contributed by atoms with Gasteiger partial charge in [0, 0.05) is 7.05 Å². The first-order valence-corrected chi connectivity index (χ1v) is 5.58. The van der Waals surface area contributed by atoms with Crippen LogP contribution in [0.1, 0.15) is 5.56 Å². The van der Waals surface area contributed by atoms with Gasteiger partial charge in [0.2, 0.25) is 0 Å². The summed E-state index contributed by atoms with van der Waals surface area (Å²) in [4.78, 5) is -0.443. The maximum absolute atomic E-state index is 12.5.